The molecule has 0 atom stereocenters. The van der Waals surface area contributed by atoms with Crippen molar-refractivity contribution in [2.75, 3.05) is 14.2 Å². The lowest BCUT2D eigenvalue weighted by Gasteiger charge is -2.09. The van der Waals surface area contributed by atoms with Crippen LogP contribution in [0.2, 0.25) is 6.04 Å². The van der Waals surface area contributed by atoms with Gasteiger partial charge in [0.1, 0.15) is 0 Å². The van der Waals surface area contributed by atoms with Crippen LogP contribution in [0.3, 0.4) is 0 Å². The zero-order valence-corrected chi connectivity index (χ0v) is 9.08. The minimum atomic E-state index is -1.23. The summed E-state index contributed by atoms with van der Waals surface area (Å²) in [4.78, 5) is 0. The van der Waals surface area contributed by atoms with E-state index in [4.69, 9.17) is 8.85 Å². The third kappa shape index (κ3) is 6.53. The van der Waals surface area contributed by atoms with Gasteiger partial charge in [-0.05, 0) is 6.04 Å². The fourth-order valence-corrected chi connectivity index (χ4v) is 2.36. The van der Waals surface area contributed by atoms with Crippen LogP contribution < -0.4 is 0 Å². The Kier molecular flexibility index (Phi) is 8.34. The summed E-state index contributed by atoms with van der Waals surface area (Å²) in [6.07, 6.45) is 5.24. The van der Waals surface area contributed by atoms with E-state index in [0.29, 0.717) is 0 Å². The van der Waals surface area contributed by atoms with E-state index >= 15 is 0 Å². The molecular formula is C8H20O2Si. The van der Waals surface area contributed by atoms with E-state index in [-0.39, 0.29) is 0 Å². The van der Waals surface area contributed by atoms with Crippen LogP contribution in [0.1, 0.15) is 32.6 Å². The maximum atomic E-state index is 5.20. The standard InChI is InChI=1S/C8H20O2Si/c1-4-5-6-7-8-11(9-2)10-3/h11H,4-8H2,1-3H3. The lowest BCUT2D eigenvalue weighted by atomic mass is 10.2. The lowest BCUT2D eigenvalue weighted by Crippen LogP contribution is -2.18. The maximum Gasteiger partial charge on any atom is 0.320 e. The number of hydrogen-bond donors (Lipinski definition) is 0. The predicted molar refractivity (Wildman–Crippen MR) is 50.1 cm³/mol. The van der Waals surface area contributed by atoms with Crippen molar-refractivity contribution in [2.45, 2.75) is 38.7 Å². The minimum Gasteiger partial charge on any atom is -0.400 e. The Morgan fingerprint density at radius 2 is 1.64 bits per heavy atom. The van der Waals surface area contributed by atoms with Crippen molar-refractivity contribution in [2.24, 2.45) is 0 Å². The largest absolute Gasteiger partial charge is 0.400 e. The molecule has 0 rings (SSSR count). The molecule has 0 bridgehead atoms. The van der Waals surface area contributed by atoms with E-state index in [9.17, 15) is 0 Å². The summed E-state index contributed by atoms with van der Waals surface area (Å²) in [5.74, 6) is 0. The van der Waals surface area contributed by atoms with Gasteiger partial charge >= 0.3 is 9.28 Å². The monoisotopic (exact) mass is 176 g/mol. The molecular weight excluding hydrogens is 156 g/mol. The van der Waals surface area contributed by atoms with Gasteiger partial charge in [-0.15, -0.1) is 0 Å². The van der Waals surface area contributed by atoms with Crippen LogP contribution in [-0.2, 0) is 8.85 Å². The van der Waals surface area contributed by atoms with E-state index in [2.05, 4.69) is 6.92 Å². The molecule has 0 aliphatic carbocycles. The van der Waals surface area contributed by atoms with Crippen LogP contribution in [0.5, 0.6) is 0 Å². The van der Waals surface area contributed by atoms with Crippen LogP contribution in [0.4, 0.5) is 0 Å². The molecule has 0 aliphatic rings. The highest BCUT2D eigenvalue weighted by molar-refractivity contribution is 6.44. The summed E-state index contributed by atoms with van der Waals surface area (Å²) in [6, 6.07) is 1.16. The summed E-state index contributed by atoms with van der Waals surface area (Å²) in [7, 11) is 2.27. The van der Waals surface area contributed by atoms with Crippen molar-refractivity contribution < 1.29 is 8.85 Å². The lowest BCUT2D eigenvalue weighted by molar-refractivity contribution is 0.276. The summed E-state index contributed by atoms with van der Waals surface area (Å²) in [5, 5.41) is 0. The first-order valence-corrected chi connectivity index (χ1v) is 6.16. The third-order valence-electron chi connectivity index (χ3n) is 1.82. The highest BCUT2D eigenvalue weighted by Gasteiger charge is 2.07. The fraction of sp³-hybridized carbons (Fsp3) is 1.00. The third-order valence-corrected chi connectivity index (χ3v) is 3.75. The van der Waals surface area contributed by atoms with Crippen molar-refractivity contribution in [1.29, 1.82) is 0 Å². The molecule has 0 fully saturated rings. The molecule has 0 aromatic heterocycles. The van der Waals surface area contributed by atoms with Crippen molar-refractivity contribution in [3.05, 3.63) is 0 Å². The second-order valence-electron chi connectivity index (χ2n) is 2.75. The number of rotatable bonds is 7. The normalized spacial score (nSPS) is 10.9. The van der Waals surface area contributed by atoms with Crippen LogP contribution >= 0.6 is 0 Å². The van der Waals surface area contributed by atoms with Gasteiger partial charge in [0.05, 0.1) is 0 Å². The molecule has 0 radical (unpaired) electrons. The Balaban J connectivity index is 3.07. The molecule has 0 aliphatic heterocycles. The zero-order valence-electron chi connectivity index (χ0n) is 7.93. The Labute approximate surface area is 71.7 Å². The summed E-state index contributed by atoms with van der Waals surface area (Å²) < 4.78 is 10.4. The van der Waals surface area contributed by atoms with Gasteiger partial charge in [0.15, 0.2) is 0 Å². The van der Waals surface area contributed by atoms with Crippen molar-refractivity contribution in [1.82, 2.24) is 0 Å². The second-order valence-corrected chi connectivity index (χ2v) is 5.13. The maximum absolute atomic E-state index is 5.20. The van der Waals surface area contributed by atoms with Gasteiger partial charge in [-0.1, -0.05) is 32.6 Å². The van der Waals surface area contributed by atoms with Gasteiger partial charge in [0, 0.05) is 14.2 Å². The molecule has 0 saturated heterocycles. The van der Waals surface area contributed by atoms with Crippen LogP contribution in [0, 0.1) is 0 Å². The van der Waals surface area contributed by atoms with Gasteiger partial charge in [0.2, 0.25) is 0 Å². The molecule has 0 aromatic rings. The van der Waals surface area contributed by atoms with Crippen LogP contribution in [-0.4, -0.2) is 23.5 Å². The average molecular weight is 176 g/mol. The highest BCUT2D eigenvalue weighted by atomic mass is 28.3. The van der Waals surface area contributed by atoms with Crippen LogP contribution in [0.15, 0.2) is 0 Å². The molecule has 0 saturated carbocycles. The Bertz CT molecular complexity index is 74.5. The van der Waals surface area contributed by atoms with Gasteiger partial charge in [0.25, 0.3) is 0 Å². The van der Waals surface area contributed by atoms with E-state index in [1.807, 2.05) is 0 Å². The first-order chi connectivity index (χ1) is 5.35. The fourth-order valence-electron chi connectivity index (χ4n) is 1.07. The topological polar surface area (TPSA) is 18.5 Å². The van der Waals surface area contributed by atoms with E-state index in [1.54, 1.807) is 14.2 Å². The molecule has 11 heavy (non-hydrogen) atoms. The average Bonchev–Trinajstić information content (AvgIpc) is 2.05. The molecule has 0 amide bonds. The Morgan fingerprint density at radius 1 is 1.00 bits per heavy atom. The number of unbranched alkanes of at least 4 members (excludes halogenated alkanes) is 3. The van der Waals surface area contributed by atoms with Gasteiger partial charge in [-0.25, -0.2) is 0 Å². The molecule has 2 nitrogen and oxygen atoms in total. The van der Waals surface area contributed by atoms with Gasteiger partial charge < -0.3 is 8.85 Å². The van der Waals surface area contributed by atoms with Crippen molar-refractivity contribution >= 4 is 9.28 Å². The molecule has 0 N–H and O–H groups in total. The zero-order chi connectivity index (χ0) is 8.53. The van der Waals surface area contributed by atoms with Gasteiger partial charge in [-0.2, -0.15) is 0 Å². The Morgan fingerprint density at radius 3 is 2.09 bits per heavy atom. The summed E-state index contributed by atoms with van der Waals surface area (Å²) >= 11 is 0. The van der Waals surface area contributed by atoms with E-state index in [0.717, 1.165) is 6.04 Å². The first-order valence-electron chi connectivity index (χ1n) is 4.40. The smallest absolute Gasteiger partial charge is 0.320 e. The van der Waals surface area contributed by atoms with Gasteiger partial charge in [-0.3, -0.25) is 0 Å². The molecule has 0 heterocycles. The second kappa shape index (κ2) is 8.24. The minimum absolute atomic E-state index is 1.16. The Hall–Kier alpha value is 0.137. The van der Waals surface area contributed by atoms with E-state index < -0.39 is 9.28 Å². The first kappa shape index (κ1) is 11.1. The number of hydrogen-bond acceptors (Lipinski definition) is 2. The predicted octanol–water partition coefficient (Wildman–Crippen LogP) is 2.08. The summed E-state index contributed by atoms with van der Waals surface area (Å²) in [5.41, 5.74) is 0. The van der Waals surface area contributed by atoms with E-state index in [1.165, 1.54) is 25.7 Å². The quantitative estimate of drug-likeness (QED) is 0.437. The van der Waals surface area contributed by atoms with Crippen molar-refractivity contribution in [3.8, 4) is 0 Å². The molecule has 68 valence electrons. The van der Waals surface area contributed by atoms with Crippen LogP contribution in [0.25, 0.3) is 0 Å². The highest BCUT2D eigenvalue weighted by Crippen LogP contribution is 2.06. The molecule has 3 heteroatoms. The molecule has 0 aromatic carbocycles. The SMILES string of the molecule is CCCCCC[SiH](OC)OC. The molecule has 0 unspecified atom stereocenters. The molecule has 0 spiro atoms. The van der Waals surface area contributed by atoms with Crippen molar-refractivity contribution in [3.63, 3.8) is 0 Å². The summed E-state index contributed by atoms with van der Waals surface area (Å²) in [6.45, 7) is 2.22.